The molecular weight excluding hydrogens is 376 g/mol. The highest BCUT2D eigenvalue weighted by atomic mass is 32.2. The number of amides is 1. The lowest BCUT2D eigenvalue weighted by molar-refractivity contribution is -0.0691. The third-order valence-electron chi connectivity index (χ3n) is 4.42. The van der Waals surface area contributed by atoms with E-state index in [0.29, 0.717) is 30.7 Å². The molecule has 0 unspecified atom stereocenters. The van der Waals surface area contributed by atoms with E-state index in [-0.39, 0.29) is 28.2 Å². The third kappa shape index (κ3) is 4.29. The summed E-state index contributed by atoms with van der Waals surface area (Å²) in [5, 5.41) is 2.81. The van der Waals surface area contributed by atoms with Gasteiger partial charge in [-0.25, -0.2) is 8.42 Å². The van der Waals surface area contributed by atoms with Crippen LogP contribution >= 0.6 is 11.3 Å². The van der Waals surface area contributed by atoms with Crippen LogP contribution in [-0.2, 0) is 14.6 Å². The number of halogens is 2. The first kappa shape index (κ1) is 18.5. The van der Waals surface area contributed by atoms with E-state index in [1.165, 1.54) is 6.07 Å². The summed E-state index contributed by atoms with van der Waals surface area (Å²) >= 11 is 1.08. The van der Waals surface area contributed by atoms with Crippen LogP contribution in [0.3, 0.4) is 0 Å². The van der Waals surface area contributed by atoms with E-state index < -0.39 is 28.0 Å². The van der Waals surface area contributed by atoms with Gasteiger partial charge in [0.15, 0.2) is 9.84 Å². The second-order valence-corrected chi connectivity index (χ2v) is 9.91. The average Bonchev–Trinajstić information content (AvgIpc) is 2.98. The molecule has 0 radical (unpaired) electrons. The molecule has 3 rings (SSSR count). The van der Waals surface area contributed by atoms with Crippen LogP contribution in [0.2, 0.25) is 0 Å². The molecule has 0 bridgehead atoms. The van der Waals surface area contributed by atoms with Gasteiger partial charge in [-0.1, -0.05) is 0 Å². The number of aryl methyl sites for hydroxylation is 1. The van der Waals surface area contributed by atoms with Crippen molar-refractivity contribution >= 4 is 27.1 Å². The van der Waals surface area contributed by atoms with E-state index in [9.17, 15) is 22.0 Å². The second kappa shape index (κ2) is 6.81. The molecule has 25 heavy (non-hydrogen) atoms. The zero-order valence-electron chi connectivity index (χ0n) is 13.6. The van der Waals surface area contributed by atoms with Gasteiger partial charge in [0.25, 0.3) is 5.91 Å². The van der Waals surface area contributed by atoms with Gasteiger partial charge in [-0.3, -0.25) is 4.79 Å². The van der Waals surface area contributed by atoms with Crippen molar-refractivity contribution in [3.8, 4) is 5.75 Å². The minimum atomic E-state index is -3.11. The molecule has 2 fully saturated rings. The summed E-state index contributed by atoms with van der Waals surface area (Å²) < 4.78 is 58.6. The molecule has 1 N–H and O–H groups in total. The van der Waals surface area contributed by atoms with Crippen molar-refractivity contribution in [3.63, 3.8) is 0 Å². The molecule has 1 amide bonds. The number of nitrogens with one attached hydrogen (secondary N) is 1. The largest absolute Gasteiger partial charge is 0.433 e. The molecule has 2 atom stereocenters. The summed E-state index contributed by atoms with van der Waals surface area (Å²) in [5.74, 6) is -0.578. The molecule has 0 aliphatic carbocycles. The Bertz CT molecular complexity index is 764. The Hall–Kier alpha value is -1.26. The lowest BCUT2D eigenvalue weighted by Crippen LogP contribution is -2.49. The highest BCUT2D eigenvalue weighted by Crippen LogP contribution is 2.36. The number of thiophene rings is 1. The minimum absolute atomic E-state index is 0.0375. The Morgan fingerprint density at radius 1 is 1.52 bits per heavy atom. The fourth-order valence-corrected chi connectivity index (χ4v) is 6.22. The summed E-state index contributed by atoms with van der Waals surface area (Å²) in [5.41, 5.74) is -0.747. The third-order valence-corrected chi connectivity index (χ3v) is 7.25. The lowest BCUT2D eigenvalue weighted by atomic mass is 9.90. The predicted molar refractivity (Wildman–Crippen MR) is 88.1 cm³/mol. The van der Waals surface area contributed by atoms with Gasteiger partial charge in [-0.2, -0.15) is 8.78 Å². The zero-order valence-corrected chi connectivity index (χ0v) is 15.2. The highest BCUT2D eigenvalue weighted by Gasteiger charge is 2.46. The normalized spacial score (nSPS) is 28.4. The maximum Gasteiger partial charge on any atom is 0.387 e. The van der Waals surface area contributed by atoms with Crippen LogP contribution in [0.25, 0.3) is 0 Å². The van der Waals surface area contributed by atoms with Gasteiger partial charge in [0.2, 0.25) is 0 Å². The predicted octanol–water partition coefficient (Wildman–Crippen LogP) is 2.12. The molecule has 1 aromatic heterocycles. The molecule has 2 saturated heterocycles. The number of sulfone groups is 1. The van der Waals surface area contributed by atoms with Crippen molar-refractivity contribution in [1.82, 2.24) is 5.32 Å². The summed E-state index contributed by atoms with van der Waals surface area (Å²) in [6.07, 6.45) is 1.36. The van der Waals surface area contributed by atoms with Crippen LogP contribution in [-0.4, -0.2) is 50.7 Å². The topological polar surface area (TPSA) is 81.7 Å². The Kier molecular flexibility index (Phi) is 5.04. The van der Waals surface area contributed by atoms with E-state index in [4.69, 9.17) is 4.74 Å². The number of carbonyl (C=O) groups is 1. The van der Waals surface area contributed by atoms with Crippen LogP contribution in [0.5, 0.6) is 5.75 Å². The van der Waals surface area contributed by atoms with Crippen LogP contribution < -0.4 is 10.1 Å². The lowest BCUT2D eigenvalue weighted by Gasteiger charge is -2.37. The maximum atomic E-state index is 12.5. The first-order valence-electron chi connectivity index (χ1n) is 7.89. The van der Waals surface area contributed by atoms with Crippen molar-refractivity contribution in [2.75, 3.05) is 18.1 Å². The molecule has 1 spiro atoms. The maximum absolute atomic E-state index is 12.5. The quantitative estimate of drug-likeness (QED) is 0.845. The molecule has 2 aliphatic heterocycles. The van der Waals surface area contributed by atoms with Crippen LogP contribution in [0.1, 0.15) is 33.8 Å². The molecule has 140 valence electrons. The Balaban J connectivity index is 1.69. The molecule has 0 saturated carbocycles. The van der Waals surface area contributed by atoms with Crippen LogP contribution in [0, 0.1) is 6.92 Å². The number of hydrogen-bond donors (Lipinski definition) is 1. The Morgan fingerprint density at radius 2 is 2.28 bits per heavy atom. The van der Waals surface area contributed by atoms with Gasteiger partial charge in [0.05, 0.1) is 17.1 Å². The first-order valence-corrected chi connectivity index (χ1v) is 10.5. The van der Waals surface area contributed by atoms with E-state index in [2.05, 4.69) is 10.1 Å². The van der Waals surface area contributed by atoms with Gasteiger partial charge < -0.3 is 14.8 Å². The summed E-state index contributed by atoms with van der Waals surface area (Å²) in [4.78, 5) is 13.3. The fraction of sp³-hybridized carbons (Fsp3) is 0.667. The highest BCUT2D eigenvalue weighted by molar-refractivity contribution is 7.91. The van der Waals surface area contributed by atoms with Crippen LogP contribution in [0.4, 0.5) is 8.78 Å². The number of hydrogen-bond acceptors (Lipinski definition) is 6. The smallest absolute Gasteiger partial charge is 0.387 e. The monoisotopic (exact) mass is 395 g/mol. The molecule has 2 aliphatic rings. The Labute approximate surface area is 148 Å². The van der Waals surface area contributed by atoms with Crippen molar-refractivity contribution in [3.05, 3.63) is 15.8 Å². The van der Waals surface area contributed by atoms with E-state index >= 15 is 0 Å². The molecule has 0 aromatic carbocycles. The van der Waals surface area contributed by atoms with Gasteiger partial charge in [-0.15, -0.1) is 11.3 Å². The molecule has 1 aromatic rings. The molecule has 10 heteroatoms. The Morgan fingerprint density at radius 3 is 2.92 bits per heavy atom. The van der Waals surface area contributed by atoms with Gasteiger partial charge in [0.1, 0.15) is 10.6 Å². The molecular formula is C15H19F2NO5S2. The van der Waals surface area contributed by atoms with Crippen molar-refractivity contribution in [2.24, 2.45) is 0 Å². The number of rotatable bonds is 4. The van der Waals surface area contributed by atoms with E-state index in [0.717, 1.165) is 11.3 Å². The van der Waals surface area contributed by atoms with Crippen molar-refractivity contribution in [1.29, 1.82) is 0 Å². The SMILES string of the molecule is Cc1cc(OC(F)F)c(C(=O)N[C@H]2CCO[C@@]3(CCS(=O)(=O)C3)C2)s1. The number of ether oxygens (including phenoxy) is 2. The van der Waals surface area contributed by atoms with E-state index in [1.807, 2.05) is 0 Å². The number of carbonyl (C=O) groups excluding carboxylic acids is 1. The van der Waals surface area contributed by atoms with Crippen molar-refractivity contribution in [2.45, 2.75) is 44.4 Å². The first-order chi connectivity index (χ1) is 11.7. The minimum Gasteiger partial charge on any atom is -0.433 e. The average molecular weight is 395 g/mol. The summed E-state index contributed by atoms with van der Waals surface area (Å²) in [6.45, 7) is -0.952. The standard InChI is InChI=1S/C15H19F2NO5S2/c1-9-6-11(23-14(16)17)12(24-9)13(19)18-10-2-4-22-15(7-10)3-5-25(20,21)8-15/h6,10,14H,2-5,7-8H2,1H3,(H,18,19)/t10-,15-/m0/s1. The van der Waals surface area contributed by atoms with Gasteiger partial charge in [0, 0.05) is 17.5 Å². The molecule has 6 nitrogen and oxygen atoms in total. The van der Waals surface area contributed by atoms with E-state index in [1.54, 1.807) is 6.92 Å². The summed E-state index contributed by atoms with van der Waals surface area (Å²) in [6, 6.07) is 1.14. The van der Waals surface area contributed by atoms with Crippen LogP contribution in [0.15, 0.2) is 6.07 Å². The van der Waals surface area contributed by atoms with Gasteiger partial charge >= 0.3 is 6.61 Å². The molecule has 3 heterocycles. The fourth-order valence-electron chi connectivity index (χ4n) is 3.40. The number of alkyl halides is 2. The second-order valence-electron chi connectivity index (χ2n) is 6.47. The van der Waals surface area contributed by atoms with Gasteiger partial charge in [-0.05, 0) is 32.3 Å². The summed E-state index contributed by atoms with van der Waals surface area (Å²) in [7, 11) is -3.11. The zero-order chi connectivity index (χ0) is 18.2. The van der Waals surface area contributed by atoms with Crippen molar-refractivity contribution < 1.29 is 31.5 Å².